The summed E-state index contributed by atoms with van der Waals surface area (Å²) in [5.74, 6) is 0. The molecule has 1 aromatic carbocycles. The van der Waals surface area contributed by atoms with Crippen molar-refractivity contribution in [2.24, 2.45) is 0 Å². The van der Waals surface area contributed by atoms with Crippen LogP contribution in [0.15, 0.2) is 18.2 Å². The second-order valence-electron chi connectivity index (χ2n) is 3.60. The van der Waals surface area contributed by atoms with Crippen LogP contribution in [0.4, 0.5) is 0 Å². The Morgan fingerprint density at radius 2 is 2.00 bits per heavy atom. The van der Waals surface area contributed by atoms with Gasteiger partial charge in [-0.3, -0.25) is 0 Å². The molecule has 1 aromatic rings. The van der Waals surface area contributed by atoms with E-state index in [0.29, 0.717) is 10.0 Å². The molecule has 0 bridgehead atoms. The molecule has 0 radical (unpaired) electrons. The standard InChI is InChI=1S/C12H16Cl2O/c1-3-4-10(15-2)7-9-5-6-11(13)12(14)8-9/h5-6,8,10H,3-4,7H2,1-2H3. The Labute approximate surface area is 101 Å². The maximum Gasteiger partial charge on any atom is 0.0611 e. The average molecular weight is 247 g/mol. The molecule has 0 aliphatic carbocycles. The fourth-order valence-corrected chi connectivity index (χ4v) is 1.88. The molecule has 3 heteroatoms. The molecule has 0 aliphatic heterocycles. The van der Waals surface area contributed by atoms with Crippen molar-refractivity contribution in [3.05, 3.63) is 33.8 Å². The van der Waals surface area contributed by atoms with Gasteiger partial charge in [0.2, 0.25) is 0 Å². The van der Waals surface area contributed by atoms with E-state index in [-0.39, 0.29) is 6.10 Å². The van der Waals surface area contributed by atoms with Crippen LogP contribution in [-0.4, -0.2) is 13.2 Å². The van der Waals surface area contributed by atoms with Crippen LogP contribution in [0.5, 0.6) is 0 Å². The van der Waals surface area contributed by atoms with Gasteiger partial charge in [0.1, 0.15) is 0 Å². The van der Waals surface area contributed by atoms with E-state index in [1.807, 2.05) is 18.2 Å². The zero-order chi connectivity index (χ0) is 11.3. The monoisotopic (exact) mass is 246 g/mol. The first-order valence-electron chi connectivity index (χ1n) is 5.14. The molecule has 15 heavy (non-hydrogen) atoms. The fraction of sp³-hybridized carbons (Fsp3) is 0.500. The molecule has 1 atom stereocenters. The third kappa shape index (κ3) is 4.02. The largest absolute Gasteiger partial charge is 0.381 e. The molecule has 0 aliphatic rings. The van der Waals surface area contributed by atoms with Crippen molar-refractivity contribution in [2.75, 3.05) is 7.11 Å². The summed E-state index contributed by atoms with van der Waals surface area (Å²) in [6.07, 6.45) is 3.35. The van der Waals surface area contributed by atoms with Crippen molar-refractivity contribution >= 4 is 23.2 Å². The van der Waals surface area contributed by atoms with Gasteiger partial charge < -0.3 is 4.74 Å². The fourth-order valence-electron chi connectivity index (χ4n) is 1.55. The topological polar surface area (TPSA) is 9.23 Å². The Morgan fingerprint density at radius 1 is 1.27 bits per heavy atom. The van der Waals surface area contributed by atoms with Crippen LogP contribution in [0.2, 0.25) is 10.0 Å². The first kappa shape index (κ1) is 12.8. The maximum absolute atomic E-state index is 5.94. The molecule has 1 nitrogen and oxygen atoms in total. The second-order valence-corrected chi connectivity index (χ2v) is 4.41. The summed E-state index contributed by atoms with van der Waals surface area (Å²) in [7, 11) is 1.75. The van der Waals surface area contributed by atoms with Gasteiger partial charge in [-0.15, -0.1) is 0 Å². The van der Waals surface area contributed by atoms with Crippen molar-refractivity contribution < 1.29 is 4.74 Å². The van der Waals surface area contributed by atoms with Gasteiger partial charge in [0.15, 0.2) is 0 Å². The van der Waals surface area contributed by atoms with E-state index >= 15 is 0 Å². The predicted octanol–water partition coefficient (Wildman–Crippen LogP) is 4.35. The van der Waals surface area contributed by atoms with Crippen LogP contribution in [0.1, 0.15) is 25.3 Å². The Bertz CT molecular complexity index is 312. The van der Waals surface area contributed by atoms with Crippen LogP contribution in [0, 0.1) is 0 Å². The maximum atomic E-state index is 5.94. The van der Waals surface area contributed by atoms with Gasteiger partial charge in [-0.2, -0.15) is 0 Å². The molecule has 0 aromatic heterocycles. The Morgan fingerprint density at radius 3 is 2.53 bits per heavy atom. The molecule has 1 rings (SSSR count). The van der Waals surface area contributed by atoms with Gasteiger partial charge in [-0.05, 0) is 30.5 Å². The third-order valence-corrected chi connectivity index (χ3v) is 3.13. The lowest BCUT2D eigenvalue weighted by atomic mass is 10.0. The minimum absolute atomic E-state index is 0.271. The molecule has 0 heterocycles. The van der Waals surface area contributed by atoms with Crippen molar-refractivity contribution in [1.82, 2.24) is 0 Å². The number of benzene rings is 1. The highest BCUT2D eigenvalue weighted by atomic mass is 35.5. The summed E-state index contributed by atoms with van der Waals surface area (Å²) in [4.78, 5) is 0. The summed E-state index contributed by atoms with van der Waals surface area (Å²) in [6.45, 7) is 2.15. The van der Waals surface area contributed by atoms with E-state index < -0.39 is 0 Å². The molecule has 0 amide bonds. The lowest BCUT2D eigenvalue weighted by Crippen LogP contribution is -2.13. The smallest absolute Gasteiger partial charge is 0.0611 e. The number of methoxy groups -OCH3 is 1. The van der Waals surface area contributed by atoms with E-state index in [2.05, 4.69) is 6.92 Å². The first-order valence-corrected chi connectivity index (χ1v) is 5.89. The van der Waals surface area contributed by atoms with E-state index in [1.165, 1.54) is 5.56 Å². The number of halogens is 2. The van der Waals surface area contributed by atoms with Crippen LogP contribution < -0.4 is 0 Å². The minimum atomic E-state index is 0.271. The van der Waals surface area contributed by atoms with Crippen molar-refractivity contribution in [1.29, 1.82) is 0 Å². The second kappa shape index (κ2) is 6.37. The molecule has 0 spiro atoms. The SMILES string of the molecule is CCCC(Cc1ccc(Cl)c(Cl)c1)OC. The number of hydrogen-bond acceptors (Lipinski definition) is 1. The van der Waals surface area contributed by atoms with E-state index in [1.54, 1.807) is 7.11 Å². The molecule has 1 unspecified atom stereocenters. The van der Waals surface area contributed by atoms with Crippen molar-refractivity contribution in [2.45, 2.75) is 32.3 Å². The molecule has 0 N–H and O–H groups in total. The molecular weight excluding hydrogens is 231 g/mol. The Hall–Kier alpha value is -0.240. The Balaban J connectivity index is 2.66. The number of ether oxygens (including phenoxy) is 1. The molecule has 0 saturated heterocycles. The molecule has 0 saturated carbocycles. The lowest BCUT2D eigenvalue weighted by molar-refractivity contribution is 0.0949. The van der Waals surface area contributed by atoms with Gasteiger partial charge in [-0.25, -0.2) is 0 Å². The number of hydrogen-bond donors (Lipinski definition) is 0. The first-order chi connectivity index (χ1) is 7.17. The Kier molecular flexibility index (Phi) is 5.44. The van der Waals surface area contributed by atoms with Gasteiger partial charge in [-0.1, -0.05) is 42.6 Å². The number of rotatable bonds is 5. The van der Waals surface area contributed by atoms with E-state index in [9.17, 15) is 0 Å². The summed E-state index contributed by atoms with van der Waals surface area (Å²) < 4.78 is 5.39. The van der Waals surface area contributed by atoms with Gasteiger partial charge >= 0.3 is 0 Å². The lowest BCUT2D eigenvalue weighted by Gasteiger charge is -2.14. The zero-order valence-electron chi connectivity index (χ0n) is 9.09. The van der Waals surface area contributed by atoms with Gasteiger partial charge in [0.05, 0.1) is 16.1 Å². The highest BCUT2D eigenvalue weighted by Crippen LogP contribution is 2.23. The quantitative estimate of drug-likeness (QED) is 0.751. The van der Waals surface area contributed by atoms with Gasteiger partial charge in [0, 0.05) is 7.11 Å². The highest BCUT2D eigenvalue weighted by molar-refractivity contribution is 6.42. The van der Waals surface area contributed by atoms with E-state index in [4.69, 9.17) is 27.9 Å². The third-order valence-electron chi connectivity index (χ3n) is 2.39. The molecule has 0 fully saturated rings. The summed E-state index contributed by atoms with van der Waals surface area (Å²) in [5, 5.41) is 1.21. The van der Waals surface area contributed by atoms with Gasteiger partial charge in [0.25, 0.3) is 0 Å². The average Bonchev–Trinajstić information content (AvgIpc) is 2.23. The van der Waals surface area contributed by atoms with Crippen LogP contribution in [-0.2, 0) is 11.2 Å². The van der Waals surface area contributed by atoms with Crippen LogP contribution >= 0.6 is 23.2 Å². The highest BCUT2D eigenvalue weighted by Gasteiger charge is 2.08. The summed E-state index contributed by atoms with van der Waals surface area (Å²) in [6, 6.07) is 5.74. The summed E-state index contributed by atoms with van der Waals surface area (Å²) >= 11 is 11.8. The normalized spacial score (nSPS) is 12.8. The zero-order valence-corrected chi connectivity index (χ0v) is 10.6. The van der Waals surface area contributed by atoms with Crippen molar-refractivity contribution in [3.8, 4) is 0 Å². The van der Waals surface area contributed by atoms with E-state index in [0.717, 1.165) is 19.3 Å². The predicted molar refractivity (Wildman–Crippen MR) is 65.9 cm³/mol. The minimum Gasteiger partial charge on any atom is -0.381 e. The molecular formula is C12H16Cl2O. The summed E-state index contributed by atoms with van der Waals surface area (Å²) in [5.41, 5.74) is 1.17. The van der Waals surface area contributed by atoms with Crippen molar-refractivity contribution in [3.63, 3.8) is 0 Å². The van der Waals surface area contributed by atoms with Crippen LogP contribution in [0.25, 0.3) is 0 Å². The molecule has 84 valence electrons. The van der Waals surface area contributed by atoms with Crippen LogP contribution in [0.3, 0.4) is 0 Å².